The van der Waals surface area contributed by atoms with Gasteiger partial charge in [-0.3, -0.25) is 0 Å². The van der Waals surface area contributed by atoms with Gasteiger partial charge in [0.15, 0.2) is 0 Å². The van der Waals surface area contributed by atoms with E-state index in [9.17, 15) is 0 Å². The molecule has 0 saturated heterocycles. The summed E-state index contributed by atoms with van der Waals surface area (Å²) in [6.07, 6.45) is 3.96. The molecule has 0 saturated carbocycles. The van der Waals surface area contributed by atoms with Gasteiger partial charge in [-0.2, -0.15) is 5.26 Å². The Morgan fingerprint density at radius 1 is 1.00 bits per heavy atom. The van der Waals surface area contributed by atoms with E-state index in [0.717, 1.165) is 27.9 Å². The van der Waals surface area contributed by atoms with Gasteiger partial charge in [0.2, 0.25) is 0 Å². The van der Waals surface area contributed by atoms with Crippen LogP contribution in [0.15, 0.2) is 52.9 Å². The van der Waals surface area contributed by atoms with E-state index >= 15 is 0 Å². The number of aryl methyl sites for hydroxylation is 1. The summed E-state index contributed by atoms with van der Waals surface area (Å²) in [5.41, 5.74) is 3.76. The number of hydrogen-bond donors (Lipinski definition) is 0. The molecular formula is C18H13NO. The van der Waals surface area contributed by atoms with E-state index in [4.69, 9.17) is 9.68 Å². The molecule has 1 aromatic heterocycles. The van der Waals surface area contributed by atoms with Crippen molar-refractivity contribution in [3.63, 3.8) is 0 Å². The van der Waals surface area contributed by atoms with Gasteiger partial charge in [0, 0.05) is 10.9 Å². The van der Waals surface area contributed by atoms with Crippen molar-refractivity contribution in [1.82, 2.24) is 0 Å². The third kappa shape index (κ3) is 2.22. The van der Waals surface area contributed by atoms with Gasteiger partial charge in [0.05, 0.1) is 11.6 Å². The molecule has 2 heteroatoms. The van der Waals surface area contributed by atoms with E-state index < -0.39 is 0 Å². The van der Waals surface area contributed by atoms with Crippen molar-refractivity contribution in [3.05, 3.63) is 71.0 Å². The number of nitriles is 1. The Hall–Kier alpha value is -2.79. The largest absolute Gasteiger partial charge is 0.456 e. The number of benzene rings is 2. The Morgan fingerprint density at radius 3 is 2.45 bits per heavy atom. The zero-order valence-corrected chi connectivity index (χ0v) is 11.1. The molecule has 0 spiro atoms. The fourth-order valence-electron chi connectivity index (χ4n) is 2.19. The zero-order valence-electron chi connectivity index (χ0n) is 11.1. The second kappa shape index (κ2) is 5.07. The maximum atomic E-state index is 8.77. The van der Waals surface area contributed by atoms with Gasteiger partial charge in [-0.15, -0.1) is 0 Å². The molecule has 3 aromatic rings. The Morgan fingerprint density at radius 2 is 1.75 bits per heavy atom. The average Bonchev–Trinajstić information content (AvgIpc) is 2.83. The fourth-order valence-corrected chi connectivity index (χ4v) is 2.19. The van der Waals surface area contributed by atoms with E-state index in [1.54, 1.807) is 0 Å². The van der Waals surface area contributed by atoms with Crippen LogP contribution < -0.4 is 0 Å². The number of rotatable bonds is 2. The molecule has 0 radical (unpaired) electrons. The zero-order chi connectivity index (χ0) is 13.9. The Bertz CT molecular complexity index is 817. The molecule has 2 nitrogen and oxygen atoms in total. The topological polar surface area (TPSA) is 36.9 Å². The minimum absolute atomic E-state index is 0.669. The number of para-hydroxylation sites is 1. The SMILES string of the molecule is Cc1c(C=Cc2ccc(C#N)cc2)oc2ccccc12. The summed E-state index contributed by atoms with van der Waals surface area (Å²) < 4.78 is 5.83. The van der Waals surface area contributed by atoms with Gasteiger partial charge in [-0.05, 0) is 36.8 Å². The quantitative estimate of drug-likeness (QED) is 0.663. The van der Waals surface area contributed by atoms with E-state index in [-0.39, 0.29) is 0 Å². The molecule has 0 aliphatic heterocycles. The Balaban J connectivity index is 1.94. The van der Waals surface area contributed by atoms with Crippen molar-refractivity contribution in [2.24, 2.45) is 0 Å². The fraction of sp³-hybridized carbons (Fsp3) is 0.0556. The molecule has 0 aliphatic rings. The summed E-state index contributed by atoms with van der Waals surface area (Å²) in [6.45, 7) is 2.06. The van der Waals surface area contributed by atoms with E-state index in [0.29, 0.717) is 5.56 Å². The highest BCUT2D eigenvalue weighted by Gasteiger charge is 2.06. The standard InChI is InChI=1S/C18H13NO/c1-13-16-4-2-3-5-18(16)20-17(13)11-10-14-6-8-15(12-19)9-7-14/h2-11H,1H3. The van der Waals surface area contributed by atoms with Gasteiger partial charge in [0.25, 0.3) is 0 Å². The maximum Gasteiger partial charge on any atom is 0.135 e. The van der Waals surface area contributed by atoms with Crippen molar-refractivity contribution in [2.75, 3.05) is 0 Å². The first-order valence-corrected chi connectivity index (χ1v) is 6.44. The minimum Gasteiger partial charge on any atom is -0.456 e. The van der Waals surface area contributed by atoms with Crippen molar-refractivity contribution in [1.29, 1.82) is 5.26 Å². The van der Waals surface area contributed by atoms with Gasteiger partial charge < -0.3 is 4.42 Å². The molecule has 3 rings (SSSR count). The minimum atomic E-state index is 0.669. The first-order chi connectivity index (χ1) is 9.78. The number of nitrogens with zero attached hydrogens (tertiary/aromatic N) is 1. The molecule has 0 aliphatic carbocycles. The lowest BCUT2D eigenvalue weighted by molar-refractivity contribution is 0.601. The van der Waals surface area contributed by atoms with Crippen LogP contribution in [0.4, 0.5) is 0 Å². The molecule has 0 N–H and O–H groups in total. The molecule has 0 unspecified atom stereocenters. The average molecular weight is 259 g/mol. The number of furan rings is 1. The lowest BCUT2D eigenvalue weighted by Gasteiger charge is -1.93. The smallest absolute Gasteiger partial charge is 0.135 e. The second-order valence-electron chi connectivity index (χ2n) is 4.65. The van der Waals surface area contributed by atoms with Gasteiger partial charge >= 0.3 is 0 Å². The predicted octanol–water partition coefficient (Wildman–Crippen LogP) is 4.78. The predicted molar refractivity (Wildman–Crippen MR) is 81.0 cm³/mol. The van der Waals surface area contributed by atoms with Crippen LogP contribution in [0.2, 0.25) is 0 Å². The Kier molecular flexibility index (Phi) is 3.10. The summed E-state index contributed by atoms with van der Waals surface area (Å²) in [6, 6.07) is 17.6. The van der Waals surface area contributed by atoms with Crippen LogP contribution in [0.3, 0.4) is 0 Å². The van der Waals surface area contributed by atoms with Gasteiger partial charge in [-0.25, -0.2) is 0 Å². The van der Waals surface area contributed by atoms with Crippen molar-refractivity contribution >= 4 is 23.1 Å². The lowest BCUT2D eigenvalue weighted by Crippen LogP contribution is -1.75. The van der Waals surface area contributed by atoms with Crippen molar-refractivity contribution in [3.8, 4) is 6.07 Å². The second-order valence-corrected chi connectivity index (χ2v) is 4.65. The van der Waals surface area contributed by atoms with E-state index in [2.05, 4.69) is 19.1 Å². The first-order valence-electron chi connectivity index (χ1n) is 6.44. The van der Waals surface area contributed by atoms with Gasteiger partial charge in [0.1, 0.15) is 11.3 Å². The molecule has 0 amide bonds. The normalized spacial score (nSPS) is 11.0. The number of fused-ring (bicyclic) bond motifs is 1. The highest BCUT2D eigenvalue weighted by Crippen LogP contribution is 2.26. The highest BCUT2D eigenvalue weighted by molar-refractivity contribution is 5.85. The van der Waals surface area contributed by atoms with E-state index in [1.165, 1.54) is 0 Å². The summed E-state index contributed by atoms with van der Waals surface area (Å²) >= 11 is 0. The molecular weight excluding hydrogens is 246 g/mol. The first kappa shape index (κ1) is 12.3. The molecule has 0 fully saturated rings. The summed E-state index contributed by atoms with van der Waals surface area (Å²) in [5.74, 6) is 0.871. The summed E-state index contributed by atoms with van der Waals surface area (Å²) in [5, 5.41) is 9.92. The van der Waals surface area contributed by atoms with E-state index in [1.807, 2.05) is 54.6 Å². The monoisotopic (exact) mass is 259 g/mol. The van der Waals surface area contributed by atoms with Crippen LogP contribution in [-0.4, -0.2) is 0 Å². The highest BCUT2D eigenvalue weighted by atomic mass is 16.3. The molecule has 20 heavy (non-hydrogen) atoms. The maximum absolute atomic E-state index is 8.77. The van der Waals surface area contributed by atoms with Crippen molar-refractivity contribution in [2.45, 2.75) is 6.92 Å². The van der Waals surface area contributed by atoms with Crippen LogP contribution in [0.5, 0.6) is 0 Å². The van der Waals surface area contributed by atoms with Crippen LogP contribution in [0.1, 0.15) is 22.5 Å². The lowest BCUT2D eigenvalue weighted by atomic mass is 10.1. The Labute approximate surface area is 117 Å². The van der Waals surface area contributed by atoms with Crippen LogP contribution in [0, 0.1) is 18.3 Å². The van der Waals surface area contributed by atoms with Crippen molar-refractivity contribution < 1.29 is 4.42 Å². The molecule has 1 heterocycles. The molecule has 0 bridgehead atoms. The summed E-state index contributed by atoms with van der Waals surface area (Å²) in [4.78, 5) is 0. The van der Waals surface area contributed by atoms with Crippen LogP contribution >= 0.6 is 0 Å². The third-order valence-corrected chi connectivity index (χ3v) is 3.35. The van der Waals surface area contributed by atoms with Gasteiger partial charge in [-0.1, -0.05) is 36.4 Å². The summed E-state index contributed by atoms with van der Waals surface area (Å²) in [7, 11) is 0. The molecule has 2 aromatic carbocycles. The number of hydrogen-bond acceptors (Lipinski definition) is 2. The third-order valence-electron chi connectivity index (χ3n) is 3.35. The molecule has 96 valence electrons. The molecule has 0 atom stereocenters. The van der Waals surface area contributed by atoms with Crippen LogP contribution in [0.25, 0.3) is 23.1 Å². The van der Waals surface area contributed by atoms with Crippen LogP contribution in [-0.2, 0) is 0 Å².